The van der Waals surface area contributed by atoms with Gasteiger partial charge in [-0.2, -0.15) is 11.8 Å². The van der Waals surface area contributed by atoms with E-state index >= 15 is 0 Å². The van der Waals surface area contributed by atoms with Crippen molar-refractivity contribution in [2.75, 3.05) is 23.5 Å². The lowest BCUT2D eigenvalue weighted by Gasteiger charge is -2.29. The normalized spacial score (nSPS) is 22.1. The van der Waals surface area contributed by atoms with Gasteiger partial charge in [0.25, 0.3) is 0 Å². The second kappa shape index (κ2) is 5.11. The summed E-state index contributed by atoms with van der Waals surface area (Å²) in [4.78, 5) is 2.40. The van der Waals surface area contributed by atoms with E-state index in [9.17, 15) is 0 Å². The largest absolute Gasteiger partial charge is 0.370 e. The van der Waals surface area contributed by atoms with E-state index in [0.717, 1.165) is 0 Å². The van der Waals surface area contributed by atoms with Gasteiger partial charge in [-0.05, 0) is 30.7 Å². The Bertz CT molecular complexity index is 346. The molecule has 1 aromatic carbocycles. The first-order valence-electron chi connectivity index (χ1n) is 5.85. The first kappa shape index (κ1) is 11.8. The molecule has 0 bridgehead atoms. The van der Waals surface area contributed by atoms with Crippen molar-refractivity contribution in [1.29, 1.82) is 0 Å². The van der Waals surface area contributed by atoms with Crippen LogP contribution in [0.1, 0.15) is 24.9 Å². The summed E-state index contributed by atoms with van der Waals surface area (Å²) in [6.45, 7) is 2.05. The molecule has 1 aromatic rings. The summed E-state index contributed by atoms with van der Waals surface area (Å²) in [6, 6.07) is 9.26. The van der Waals surface area contributed by atoms with Gasteiger partial charge in [-0.3, -0.25) is 0 Å². The molecule has 0 aromatic heterocycles. The highest BCUT2D eigenvalue weighted by molar-refractivity contribution is 7.99. The van der Waals surface area contributed by atoms with E-state index in [2.05, 4.69) is 43.1 Å². The van der Waals surface area contributed by atoms with Crippen molar-refractivity contribution in [3.8, 4) is 0 Å². The van der Waals surface area contributed by atoms with Crippen molar-refractivity contribution >= 4 is 17.4 Å². The molecular weight excluding hydrogens is 216 g/mol. The van der Waals surface area contributed by atoms with Crippen LogP contribution in [0.4, 0.5) is 5.69 Å². The van der Waals surface area contributed by atoms with Crippen molar-refractivity contribution in [1.82, 2.24) is 0 Å². The number of hydrogen-bond donors (Lipinski definition) is 1. The van der Waals surface area contributed by atoms with Crippen LogP contribution in [0, 0.1) is 0 Å². The fourth-order valence-corrected chi connectivity index (χ4v) is 3.49. The molecule has 2 atom stereocenters. The van der Waals surface area contributed by atoms with Crippen LogP contribution in [0.5, 0.6) is 0 Å². The molecule has 2 N–H and O–H groups in total. The van der Waals surface area contributed by atoms with Gasteiger partial charge in [0.15, 0.2) is 0 Å². The summed E-state index contributed by atoms with van der Waals surface area (Å²) in [5.74, 6) is 2.53. The maximum absolute atomic E-state index is 6.02. The highest BCUT2D eigenvalue weighted by Crippen LogP contribution is 2.30. The standard InChI is InChI=1S/C13H20N2S/c1-10(14)12-5-3-4-6-13(12)15(2)11-7-8-16-9-11/h3-6,10-11H,7-9,14H2,1-2H3/t10-,11?/m1/s1. The van der Waals surface area contributed by atoms with Crippen molar-refractivity contribution in [2.45, 2.75) is 25.4 Å². The molecule has 0 amide bonds. The second-order valence-corrected chi connectivity index (χ2v) is 5.63. The molecule has 0 radical (unpaired) electrons. The summed E-state index contributed by atoms with van der Waals surface area (Å²) < 4.78 is 0. The lowest BCUT2D eigenvalue weighted by molar-refractivity contribution is 0.690. The topological polar surface area (TPSA) is 29.3 Å². The molecule has 1 unspecified atom stereocenters. The van der Waals surface area contributed by atoms with Gasteiger partial charge >= 0.3 is 0 Å². The van der Waals surface area contributed by atoms with Crippen molar-refractivity contribution < 1.29 is 0 Å². The first-order chi connectivity index (χ1) is 7.70. The van der Waals surface area contributed by atoms with Crippen LogP contribution in [0.2, 0.25) is 0 Å². The van der Waals surface area contributed by atoms with Gasteiger partial charge in [0.05, 0.1) is 0 Å². The van der Waals surface area contributed by atoms with E-state index in [1.54, 1.807) is 0 Å². The third kappa shape index (κ3) is 2.36. The van der Waals surface area contributed by atoms with Gasteiger partial charge in [0.2, 0.25) is 0 Å². The summed E-state index contributed by atoms with van der Waals surface area (Å²) in [7, 11) is 2.19. The SMILES string of the molecule is C[C@@H](N)c1ccccc1N(C)C1CCSC1. The van der Waals surface area contributed by atoms with Crippen LogP contribution in [-0.4, -0.2) is 24.6 Å². The van der Waals surface area contributed by atoms with Crippen LogP contribution in [0.25, 0.3) is 0 Å². The van der Waals surface area contributed by atoms with E-state index in [-0.39, 0.29) is 6.04 Å². The van der Waals surface area contributed by atoms with Gasteiger partial charge in [0.1, 0.15) is 0 Å². The molecule has 3 heteroatoms. The minimum absolute atomic E-state index is 0.104. The predicted molar refractivity (Wildman–Crippen MR) is 73.2 cm³/mol. The lowest BCUT2D eigenvalue weighted by atomic mass is 10.0. The highest BCUT2D eigenvalue weighted by atomic mass is 32.2. The number of anilines is 1. The Hall–Kier alpha value is -0.670. The van der Waals surface area contributed by atoms with Crippen molar-refractivity contribution in [3.63, 3.8) is 0 Å². The number of hydrogen-bond acceptors (Lipinski definition) is 3. The minimum Gasteiger partial charge on any atom is -0.370 e. The molecule has 16 heavy (non-hydrogen) atoms. The Balaban J connectivity index is 2.24. The number of benzene rings is 1. The molecule has 1 heterocycles. The number of para-hydroxylation sites is 1. The molecule has 0 saturated carbocycles. The summed E-state index contributed by atoms with van der Waals surface area (Å²) in [5, 5.41) is 0. The predicted octanol–water partition coefficient (Wildman–Crippen LogP) is 2.65. The van der Waals surface area contributed by atoms with Gasteiger partial charge in [-0.15, -0.1) is 0 Å². The zero-order valence-corrected chi connectivity index (χ0v) is 10.8. The summed E-state index contributed by atoms with van der Waals surface area (Å²) in [6.07, 6.45) is 1.29. The summed E-state index contributed by atoms with van der Waals surface area (Å²) in [5.41, 5.74) is 8.57. The zero-order chi connectivity index (χ0) is 11.5. The van der Waals surface area contributed by atoms with Gasteiger partial charge in [-0.1, -0.05) is 18.2 Å². The fourth-order valence-electron chi connectivity index (χ4n) is 2.22. The lowest BCUT2D eigenvalue weighted by Crippen LogP contribution is -2.32. The zero-order valence-electron chi connectivity index (χ0n) is 10.0. The highest BCUT2D eigenvalue weighted by Gasteiger charge is 2.22. The second-order valence-electron chi connectivity index (χ2n) is 4.48. The Morgan fingerprint density at radius 1 is 1.44 bits per heavy atom. The first-order valence-corrected chi connectivity index (χ1v) is 7.00. The minimum atomic E-state index is 0.104. The maximum Gasteiger partial charge on any atom is 0.0414 e. The van der Waals surface area contributed by atoms with E-state index < -0.39 is 0 Å². The van der Waals surface area contributed by atoms with Crippen LogP contribution in [0.15, 0.2) is 24.3 Å². The Kier molecular flexibility index (Phi) is 3.77. The molecule has 88 valence electrons. The van der Waals surface area contributed by atoms with E-state index in [4.69, 9.17) is 5.73 Å². The number of thioether (sulfide) groups is 1. The number of rotatable bonds is 3. The molecule has 2 rings (SSSR count). The van der Waals surface area contributed by atoms with E-state index in [0.29, 0.717) is 6.04 Å². The van der Waals surface area contributed by atoms with Crippen LogP contribution in [0.3, 0.4) is 0 Å². The molecule has 0 aliphatic carbocycles. The monoisotopic (exact) mass is 236 g/mol. The van der Waals surface area contributed by atoms with Crippen LogP contribution >= 0.6 is 11.8 Å². The third-order valence-electron chi connectivity index (χ3n) is 3.26. The quantitative estimate of drug-likeness (QED) is 0.875. The number of nitrogens with two attached hydrogens (primary N) is 1. The van der Waals surface area contributed by atoms with Crippen LogP contribution < -0.4 is 10.6 Å². The van der Waals surface area contributed by atoms with Crippen molar-refractivity contribution in [2.24, 2.45) is 5.73 Å². The van der Waals surface area contributed by atoms with E-state index in [1.165, 1.54) is 29.2 Å². The van der Waals surface area contributed by atoms with Gasteiger partial charge in [0, 0.05) is 30.6 Å². The molecule has 1 aliphatic rings. The number of nitrogens with zero attached hydrogens (tertiary/aromatic N) is 1. The molecule has 1 saturated heterocycles. The molecular formula is C13H20N2S. The van der Waals surface area contributed by atoms with Crippen molar-refractivity contribution in [3.05, 3.63) is 29.8 Å². The fraction of sp³-hybridized carbons (Fsp3) is 0.538. The summed E-state index contributed by atoms with van der Waals surface area (Å²) >= 11 is 2.05. The smallest absolute Gasteiger partial charge is 0.0414 e. The Morgan fingerprint density at radius 3 is 2.81 bits per heavy atom. The maximum atomic E-state index is 6.02. The molecule has 1 aliphatic heterocycles. The molecule has 1 fully saturated rings. The Morgan fingerprint density at radius 2 is 2.19 bits per heavy atom. The molecule has 0 spiro atoms. The average molecular weight is 236 g/mol. The van der Waals surface area contributed by atoms with Gasteiger partial charge in [-0.25, -0.2) is 0 Å². The van der Waals surface area contributed by atoms with E-state index in [1.807, 2.05) is 11.8 Å². The van der Waals surface area contributed by atoms with Gasteiger partial charge < -0.3 is 10.6 Å². The average Bonchev–Trinajstić information content (AvgIpc) is 2.81. The molecule has 2 nitrogen and oxygen atoms in total. The Labute approximate surface area is 102 Å². The van der Waals surface area contributed by atoms with Crippen LogP contribution in [-0.2, 0) is 0 Å². The third-order valence-corrected chi connectivity index (χ3v) is 4.41.